The second-order valence-electron chi connectivity index (χ2n) is 7.58. The molecule has 3 N–H and O–H groups in total. The zero-order valence-corrected chi connectivity index (χ0v) is 22.2. The number of nitrogens with two attached hydrogens (primary N) is 1. The molecular weight excluding hydrogens is 541 g/mol. The fourth-order valence-electron chi connectivity index (χ4n) is 3.59. The lowest BCUT2D eigenvalue weighted by Crippen LogP contribution is -2.39. The predicted octanol–water partition coefficient (Wildman–Crippen LogP) is 3.98. The van der Waals surface area contributed by atoms with E-state index in [9.17, 15) is 5.26 Å². The highest BCUT2D eigenvalue weighted by Crippen LogP contribution is 2.21. The summed E-state index contributed by atoms with van der Waals surface area (Å²) in [6, 6.07) is 19.9. The molecule has 1 heterocycles. The Labute approximate surface area is 218 Å². The number of benzene rings is 2. The van der Waals surface area contributed by atoms with Crippen molar-refractivity contribution in [3.63, 3.8) is 0 Å². The summed E-state index contributed by atoms with van der Waals surface area (Å²) in [5.41, 5.74) is 9.35. The number of anilines is 1. The second-order valence-corrected chi connectivity index (χ2v) is 7.58. The Kier molecular flexibility index (Phi) is 10.7. The fraction of sp³-hybridized carbons (Fsp3) is 0.320. The number of para-hydroxylation sites is 1. The van der Waals surface area contributed by atoms with Gasteiger partial charge in [-0.25, -0.2) is 4.68 Å². The van der Waals surface area contributed by atoms with Crippen molar-refractivity contribution >= 4 is 35.8 Å². The third-order valence-electron chi connectivity index (χ3n) is 5.21. The average Bonchev–Trinajstić information content (AvgIpc) is 3.16. The van der Waals surface area contributed by atoms with Gasteiger partial charge in [-0.05, 0) is 49.6 Å². The van der Waals surface area contributed by atoms with Crippen LogP contribution in [0.25, 0.3) is 5.69 Å². The van der Waals surface area contributed by atoms with E-state index in [1.54, 1.807) is 11.7 Å². The van der Waals surface area contributed by atoms with Crippen LogP contribution >= 0.6 is 24.0 Å². The van der Waals surface area contributed by atoms with Gasteiger partial charge in [0.05, 0.1) is 18.0 Å². The Balaban J connectivity index is 0.00000408. The van der Waals surface area contributed by atoms with E-state index in [1.807, 2.05) is 56.4 Å². The van der Waals surface area contributed by atoms with Crippen LogP contribution in [0.4, 0.5) is 5.82 Å². The standard InChI is InChI=1S/C25H31N7O.HI/c1-4-33-21-14-12-19(13-15-21)18-31(3)25(28-2)29-16-8-11-23-22(17-26)24(27)32(30-23)20-9-6-5-7-10-20;/h5-7,9-10,12-15H,4,8,11,16,18,27H2,1-3H3,(H,28,29);1H. The number of aryl methyl sites for hydroxylation is 1. The van der Waals surface area contributed by atoms with Crippen molar-refractivity contribution in [2.75, 3.05) is 33.0 Å². The van der Waals surface area contributed by atoms with E-state index < -0.39 is 0 Å². The molecule has 0 spiro atoms. The molecule has 0 amide bonds. The van der Waals surface area contributed by atoms with Crippen LogP contribution < -0.4 is 15.8 Å². The number of rotatable bonds is 9. The van der Waals surface area contributed by atoms with Crippen LogP contribution in [-0.4, -0.2) is 47.9 Å². The number of nitrogen functional groups attached to an aromatic ring is 1. The zero-order chi connectivity index (χ0) is 23.6. The maximum Gasteiger partial charge on any atom is 0.193 e. The van der Waals surface area contributed by atoms with E-state index in [-0.39, 0.29) is 24.0 Å². The van der Waals surface area contributed by atoms with Gasteiger partial charge in [-0.3, -0.25) is 4.99 Å². The van der Waals surface area contributed by atoms with Gasteiger partial charge < -0.3 is 20.7 Å². The molecule has 3 rings (SSSR count). The maximum atomic E-state index is 9.57. The van der Waals surface area contributed by atoms with Crippen LogP contribution in [0.5, 0.6) is 5.75 Å². The number of halogens is 1. The lowest BCUT2D eigenvalue weighted by Gasteiger charge is -2.22. The number of ether oxygens (including phenoxy) is 1. The van der Waals surface area contributed by atoms with Crippen LogP contribution in [0.15, 0.2) is 59.6 Å². The first-order valence-electron chi connectivity index (χ1n) is 11.0. The average molecular weight is 573 g/mol. The third-order valence-corrected chi connectivity index (χ3v) is 5.21. The number of aliphatic imine (C=N–C) groups is 1. The van der Waals surface area contributed by atoms with Crippen molar-refractivity contribution in [3.8, 4) is 17.5 Å². The molecule has 0 saturated heterocycles. The van der Waals surface area contributed by atoms with Gasteiger partial charge in [0.15, 0.2) is 5.96 Å². The number of hydrogen-bond acceptors (Lipinski definition) is 5. The quantitative estimate of drug-likeness (QED) is 0.174. The predicted molar refractivity (Wildman–Crippen MR) is 147 cm³/mol. The summed E-state index contributed by atoms with van der Waals surface area (Å²) in [6.45, 7) is 4.05. The second kappa shape index (κ2) is 13.4. The van der Waals surface area contributed by atoms with Crippen LogP contribution in [-0.2, 0) is 13.0 Å². The number of hydrogen-bond donors (Lipinski definition) is 2. The molecule has 0 fully saturated rings. The monoisotopic (exact) mass is 573 g/mol. The van der Waals surface area contributed by atoms with Crippen LogP contribution in [0.3, 0.4) is 0 Å². The van der Waals surface area contributed by atoms with Crippen molar-refractivity contribution in [2.45, 2.75) is 26.3 Å². The molecule has 8 nitrogen and oxygen atoms in total. The number of nitriles is 1. The minimum atomic E-state index is 0. The highest BCUT2D eigenvalue weighted by atomic mass is 127. The lowest BCUT2D eigenvalue weighted by atomic mass is 10.1. The molecule has 0 aliphatic heterocycles. The minimum absolute atomic E-state index is 0. The van der Waals surface area contributed by atoms with Gasteiger partial charge in [0.1, 0.15) is 23.2 Å². The van der Waals surface area contributed by atoms with E-state index in [1.165, 1.54) is 5.56 Å². The van der Waals surface area contributed by atoms with Crippen LogP contribution in [0.2, 0.25) is 0 Å². The molecule has 9 heteroatoms. The van der Waals surface area contributed by atoms with Gasteiger partial charge in [0.2, 0.25) is 0 Å². The zero-order valence-electron chi connectivity index (χ0n) is 19.9. The molecule has 1 aromatic heterocycles. The third kappa shape index (κ3) is 6.87. The highest BCUT2D eigenvalue weighted by molar-refractivity contribution is 14.0. The number of guanidine groups is 1. The molecule has 0 unspecified atom stereocenters. The summed E-state index contributed by atoms with van der Waals surface area (Å²) in [4.78, 5) is 6.45. The van der Waals surface area contributed by atoms with E-state index in [0.717, 1.165) is 30.4 Å². The normalized spacial score (nSPS) is 10.8. The number of nitrogens with one attached hydrogen (secondary N) is 1. The summed E-state index contributed by atoms with van der Waals surface area (Å²) in [7, 11) is 3.77. The Morgan fingerprint density at radius 3 is 2.53 bits per heavy atom. The van der Waals surface area contributed by atoms with Gasteiger partial charge in [0, 0.05) is 27.2 Å². The van der Waals surface area contributed by atoms with E-state index in [2.05, 4.69) is 38.5 Å². The van der Waals surface area contributed by atoms with Gasteiger partial charge in [-0.2, -0.15) is 10.4 Å². The maximum absolute atomic E-state index is 9.57. The van der Waals surface area contributed by atoms with Crippen molar-refractivity contribution in [3.05, 3.63) is 71.4 Å². The molecule has 0 saturated carbocycles. The van der Waals surface area contributed by atoms with Crippen LogP contribution in [0.1, 0.15) is 30.2 Å². The SMILES string of the molecule is CCOc1ccc(CN(C)C(=NC)NCCCc2nn(-c3ccccc3)c(N)c2C#N)cc1.I. The Morgan fingerprint density at radius 1 is 1.21 bits per heavy atom. The lowest BCUT2D eigenvalue weighted by molar-refractivity contribution is 0.340. The number of nitrogens with zero attached hydrogens (tertiary/aromatic N) is 5. The first-order valence-corrected chi connectivity index (χ1v) is 11.0. The van der Waals surface area contributed by atoms with Gasteiger partial charge in [-0.1, -0.05) is 30.3 Å². The first-order chi connectivity index (χ1) is 16.1. The summed E-state index contributed by atoms with van der Waals surface area (Å²) in [5.74, 6) is 2.05. The van der Waals surface area contributed by atoms with Crippen molar-refractivity contribution in [1.82, 2.24) is 20.0 Å². The highest BCUT2D eigenvalue weighted by Gasteiger charge is 2.16. The molecule has 2 aromatic carbocycles. The molecular formula is C25H32IN7O. The Hall–Kier alpha value is -3.26. The first kappa shape index (κ1) is 27.0. The fourth-order valence-corrected chi connectivity index (χ4v) is 3.59. The van der Waals surface area contributed by atoms with Crippen LogP contribution in [0, 0.1) is 11.3 Å². The molecule has 0 bridgehead atoms. The summed E-state index contributed by atoms with van der Waals surface area (Å²) in [6.07, 6.45) is 1.43. The van der Waals surface area contributed by atoms with Gasteiger partial charge in [-0.15, -0.1) is 24.0 Å². The molecule has 3 aromatic rings. The van der Waals surface area contributed by atoms with E-state index in [4.69, 9.17) is 10.5 Å². The molecule has 180 valence electrons. The van der Waals surface area contributed by atoms with Gasteiger partial charge in [0.25, 0.3) is 0 Å². The topological polar surface area (TPSA) is 104 Å². The summed E-state index contributed by atoms with van der Waals surface area (Å²) in [5, 5.41) is 17.5. The van der Waals surface area contributed by atoms with Crippen molar-refractivity contribution in [1.29, 1.82) is 5.26 Å². The van der Waals surface area contributed by atoms with E-state index >= 15 is 0 Å². The summed E-state index contributed by atoms with van der Waals surface area (Å²) < 4.78 is 7.13. The molecule has 0 atom stereocenters. The van der Waals surface area contributed by atoms with Crippen molar-refractivity contribution in [2.24, 2.45) is 4.99 Å². The Morgan fingerprint density at radius 2 is 1.91 bits per heavy atom. The van der Waals surface area contributed by atoms with Crippen molar-refractivity contribution < 1.29 is 4.74 Å². The van der Waals surface area contributed by atoms with E-state index in [0.29, 0.717) is 36.6 Å². The van der Waals surface area contributed by atoms with Gasteiger partial charge >= 0.3 is 0 Å². The minimum Gasteiger partial charge on any atom is -0.494 e. The molecule has 0 aliphatic carbocycles. The molecule has 34 heavy (non-hydrogen) atoms. The largest absolute Gasteiger partial charge is 0.494 e. The number of aromatic nitrogens is 2. The Bertz CT molecular complexity index is 1100. The smallest absolute Gasteiger partial charge is 0.193 e. The summed E-state index contributed by atoms with van der Waals surface area (Å²) >= 11 is 0. The molecule has 0 aliphatic rings. The molecule has 0 radical (unpaired) electrons.